The molecule has 0 spiro atoms. The van der Waals surface area contributed by atoms with Crippen molar-refractivity contribution in [1.82, 2.24) is 15.6 Å². The molecule has 9 nitrogen and oxygen atoms in total. The zero-order valence-corrected chi connectivity index (χ0v) is 24.1. The SMILES string of the molecule is CC(C)(N)C(=O)N[C@H](COCc1ccccc1)C(=O)C1C[C@]2(Cc3ccccc3)C(=O)N(C(C)(C)C)N=C2CN1. The summed E-state index contributed by atoms with van der Waals surface area (Å²) in [5, 5.41) is 12.4. The van der Waals surface area contributed by atoms with Crippen LogP contribution in [0.4, 0.5) is 0 Å². The van der Waals surface area contributed by atoms with Crippen LogP contribution in [0.15, 0.2) is 65.8 Å². The first-order valence-corrected chi connectivity index (χ1v) is 13.8. The van der Waals surface area contributed by atoms with E-state index >= 15 is 0 Å². The Morgan fingerprint density at radius 1 is 1.07 bits per heavy atom. The number of nitrogens with one attached hydrogen (secondary N) is 2. The van der Waals surface area contributed by atoms with Crippen molar-refractivity contribution in [3.8, 4) is 0 Å². The average molecular weight is 548 g/mol. The minimum Gasteiger partial charge on any atom is -0.374 e. The zero-order chi connectivity index (χ0) is 29.1. The van der Waals surface area contributed by atoms with Crippen LogP contribution in [0.5, 0.6) is 0 Å². The van der Waals surface area contributed by atoms with Gasteiger partial charge in [0.2, 0.25) is 5.91 Å². The quantitative estimate of drug-likeness (QED) is 0.420. The number of hydrogen-bond acceptors (Lipinski definition) is 7. The summed E-state index contributed by atoms with van der Waals surface area (Å²) in [5.41, 5.74) is 6.05. The number of Topliss-reactive ketones (excluding diaryl/α,β-unsaturated/α-hetero) is 1. The molecule has 4 N–H and O–H groups in total. The van der Waals surface area contributed by atoms with E-state index in [4.69, 9.17) is 15.6 Å². The number of nitrogens with zero attached hydrogens (tertiary/aromatic N) is 2. The molecule has 2 aliphatic heterocycles. The Morgan fingerprint density at radius 3 is 2.25 bits per heavy atom. The summed E-state index contributed by atoms with van der Waals surface area (Å²) < 4.78 is 5.89. The van der Waals surface area contributed by atoms with Gasteiger partial charge in [-0.15, -0.1) is 0 Å². The van der Waals surface area contributed by atoms with Crippen molar-refractivity contribution in [3.05, 3.63) is 71.8 Å². The third-order valence-electron chi connectivity index (χ3n) is 7.40. The average Bonchev–Trinajstić information content (AvgIpc) is 3.20. The minimum absolute atomic E-state index is 0.0254. The topological polar surface area (TPSA) is 126 Å². The van der Waals surface area contributed by atoms with Crippen LogP contribution in [-0.4, -0.2) is 64.6 Å². The predicted octanol–water partition coefficient (Wildman–Crippen LogP) is 2.58. The van der Waals surface area contributed by atoms with Crippen LogP contribution >= 0.6 is 0 Å². The second-order valence-corrected chi connectivity index (χ2v) is 12.4. The molecule has 2 amide bonds. The van der Waals surface area contributed by atoms with Crippen molar-refractivity contribution in [2.75, 3.05) is 13.2 Å². The van der Waals surface area contributed by atoms with Gasteiger partial charge in [0, 0.05) is 6.54 Å². The van der Waals surface area contributed by atoms with Crippen molar-refractivity contribution < 1.29 is 19.1 Å². The molecule has 2 aliphatic rings. The lowest BCUT2D eigenvalue weighted by Gasteiger charge is -2.39. The number of hydrazone groups is 1. The van der Waals surface area contributed by atoms with E-state index in [1.165, 1.54) is 0 Å². The Labute approximate surface area is 236 Å². The number of benzene rings is 2. The molecule has 1 saturated heterocycles. The predicted molar refractivity (Wildman–Crippen MR) is 154 cm³/mol. The fourth-order valence-corrected chi connectivity index (χ4v) is 5.14. The lowest BCUT2D eigenvalue weighted by atomic mass is 9.69. The van der Waals surface area contributed by atoms with Crippen LogP contribution in [-0.2, 0) is 32.1 Å². The summed E-state index contributed by atoms with van der Waals surface area (Å²) in [7, 11) is 0. The van der Waals surface area contributed by atoms with Crippen molar-refractivity contribution >= 4 is 23.3 Å². The van der Waals surface area contributed by atoms with Gasteiger partial charge in [0.25, 0.3) is 5.91 Å². The first-order chi connectivity index (χ1) is 18.8. The number of carbonyl (C=O) groups is 3. The van der Waals surface area contributed by atoms with E-state index in [2.05, 4.69) is 10.6 Å². The highest BCUT2D eigenvalue weighted by molar-refractivity contribution is 6.15. The van der Waals surface area contributed by atoms with Crippen molar-refractivity contribution in [2.45, 2.75) is 77.2 Å². The zero-order valence-electron chi connectivity index (χ0n) is 24.1. The lowest BCUT2D eigenvalue weighted by Crippen LogP contribution is -2.62. The molecule has 2 aromatic rings. The molecule has 0 aliphatic carbocycles. The molecule has 0 aromatic heterocycles. The molecule has 1 fully saturated rings. The Kier molecular flexibility index (Phi) is 8.58. The molecule has 0 saturated carbocycles. The second kappa shape index (κ2) is 11.6. The van der Waals surface area contributed by atoms with Crippen LogP contribution in [0.3, 0.4) is 0 Å². The number of carbonyl (C=O) groups excluding carboxylic acids is 3. The summed E-state index contributed by atoms with van der Waals surface area (Å²) in [6.45, 7) is 9.57. The van der Waals surface area contributed by atoms with E-state index in [0.717, 1.165) is 16.8 Å². The molecule has 9 heteroatoms. The van der Waals surface area contributed by atoms with Crippen molar-refractivity contribution in [1.29, 1.82) is 0 Å². The molecule has 40 heavy (non-hydrogen) atoms. The number of piperidine rings is 1. The number of amides is 2. The highest BCUT2D eigenvalue weighted by Gasteiger charge is 2.57. The number of ketones is 1. The number of hydrogen-bond donors (Lipinski definition) is 3. The molecular weight excluding hydrogens is 506 g/mol. The summed E-state index contributed by atoms with van der Waals surface area (Å²) in [5.74, 6) is -0.816. The third kappa shape index (κ3) is 6.49. The van der Waals surface area contributed by atoms with Gasteiger partial charge in [0.05, 0.1) is 41.5 Å². The third-order valence-corrected chi connectivity index (χ3v) is 7.40. The Morgan fingerprint density at radius 2 is 1.68 bits per heavy atom. The first kappa shape index (κ1) is 29.6. The summed E-state index contributed by atoms with van der Waals surface area (Å²) in [6, 6.07) is 17.8. The van der Waals surface area contributed by atoms with Gasteiger partial charge in [-0.3, -0.25) is 14.4 Å². The van der Waals surface area contributed by atoms with Crippen LogP contribution in [0.2, 0.25) is 0 Å². The van der Waals surface area contributed by atoms with E-state index < -0.39 is 34.5 Å². The maximum Gasteiger partial charge on any atom is 0.255 e. The second-order valence-electron chi connectivity index (χ2n) is 12.4. The van der Waals surface area contributed by atoms with E-state index in [1.54, 1.807) is 18.9 Å². The molecule has 2 aromatic carbocycles. The lowest BCUT2D eigenvalue weighted by molar-refractivity contribution is -0.142. The highest BCUT2D eigenvalue weighted by Crippen LogP contribution is 2.42. The van der Waals surface area contributed by atoms with Gasteiger partial charge < -0.3 is 21.1 Å². The Bertz CT molecular complexity index is 1250. The number of fused-ring (bicyclic) bond motifs is 1. The number of nitrogens with two attached hydrogens (primary N) is 1. The van der Waals surface area contributed by atoms with Crippen LogP contribution in [0, 0.1) is 5.41 Å². The van der Waals surface area contributed by atoms with Gasteiger partial charge in [0.15, 0.2) is 5.78 Å². The molecule has 3 atom stereocenters. The van der Waals surface area contributed by atoms with Crippen molar-refractivity contribution in [2.24, 2.45) is 16.3 Å². The van der Waals surface area contributed by atoms with Crippen molar-refractivity contribution in [3.63, 3.8) is 0 Å². The maximum atomic E-state index is 14.1. The van der Waals surface area contributed by atoms with E-state index in [0.29, 0.717) is 13.0 Å². The fourth-order valence-electron chi connectivity index (χ4n) is 5.14. The molecule has 0 bridgehead atoms. The number of ether oxygens (including phenoxy) is 1. The number of rotatable bonds is 10. The monoisotopic (exact) mass is 547 g/mol. The van der Waals surface area contributed by atoms with Gasteiger partial charge in [-0.2, -0.15) is 5.10 Å². The molecule has 2 heterocycles. The van der Waals surface area contributed by atoms with E-state index in [-0.39, 0.29) is 31.3 Å². The van der Waals surface area contributed by atoms with Gasteiger partial charge in [-0.1, -0.05) is 60.7 Å². The van der Waals surface area contributed by atoms with Crippen LogP contribution in [0.25, 0.3) is 0 Å². The molecule has 0 radical (unpaired) electrons. The highest BCUT2D eigenvalue weighted by atomic mass is 16.5. The van der Waals surface area contributed by atoms with E-state index in [9.17, 15) is 14.4 Å². The van der Waals surface area contributed by atoms with E-state index in [1.807, 2.05) is 81.4 Å². The van der Waals surface area contributed by atoms with Crippen LogP contribution < -0.4 is 16.4 Å². The van der Waals surface area contributed by atoms with Crippen LogP contribution in [0.1, 0.15) is 52.2 Å². The Hall–Kier alpha value is -3.40. The first-order valence-electron chi connectivity index (χ1n) is 13.8. The largest absolute Gasteiger partial charge is 0.374 e. The summed E-state index contributed by atoms with van der Waals surface area (Å²) >= 11 is 0. The van der Waals surface area contributed by atoms with Gasteiger partial charge in [-0.05, 0) is 58.6 Å². The molecule has 1 unspecified atom stereocenters. The standard InChI is InChI=1S/C31H41N5O4/c1-29(2,3)36-28(39)31(16-21-12-8-6-9-13-21)17-23(33-18-25(31)35-36)26(37)24(34-27(38)30(4,5)32)20-40-19-22-14-10-7-11-15-22/h6-15,23-24,33H,16-20,32H2,1-5H3,(H,34,38)/t23?,24-,31+/m1/s1. The Balaban J connectivity index is 1.59. The minimum atomic E-state index is -1.18. The summed E-state index contributed by atoms with van der Waals surface area (Å²) in [4.78, 5) is 40.9. The maximum absolute atomic E-state index is 14.1. The van der Waals surface area contributed by atoms with Gasteiger partial charge in [-0.25, -0.2) is 5.01 Å². The smallest absolute Gasteiger partial charge is 0.255 e. The van der Waals surface area contributed by atoms with Gasteiger partial charge in [0.1, 0.15) is 6.04 Å². The van der Waals surface area contributed by atoms with Gasteiger partial charge >= 0.3 is 0 Å². The molecule has 214 valence electrons. The molecule has 4 rings (SSSR count). The summed E-state index contributed by atoms with van der Waals surface area (Å²) in [6.07, 6.45) is 0.656. The fraction of sp³-hybridized carbons (Fsp3) is 0.484. The normalized spacial score (nSPS) is 21.9. The molecular formula is C31H41N5O4.